The van der Waals surface area contributed by atoms with E-state index in [-0.39, 0.29) is 16.8 Å². The summed E-state index contributed by atoms with van der Waals surface area (Å²) in [5, 5.41) is 0.0742. The SMILES string of the molecule is O=c1cc(Cl)[nH]c(=O)n1CCC1CCCCO1. The molecule has 17 heavy (non-hydrogen) atoms. The Morgan fingerprint density at radius 3 is 2.94 bits per heavy atom. The van der Waals surface area contributed by atoms with Crippen LogP contribution in [0, 0.1) is 0 Å². The number of hydrogen-bond acceptors (Lipinski definition) is 3. The van der Waals surface area contributed by atoms with Gasteiger partial charge in [-0.2, -0.15) is 0 Å². The van der Waals surface area contributed by atoms with Crippen molar-refractivity contribution < 1.29 is 4.74 Å². The average Bonchev–Trinajstić information content (AvgIpc) is 2.29. The highest BCUT2D eigenvalue weighted by atomic mass is 35.5. The lowest BCUT2D eigenvalue weighted by Crippen LogP contribution is -2.36. The quantitative estimate of drug-likeness (QED) is 0.828. The van der Waals surface area contributed by atoms with E-state index >= 15 is 0 Å². The molecule has 1 fully saturated rings. The number of nitrogens with zero attached hydrogens (tertiary/aromatic N) is 1. The van der Waals surface area contributed by atoms with Crippen molar-refractivity contribution in [2.75, 3.05) is 6.61 Å². The molecule has 1 aromatic rings. The molecule has 2 rings (SSSR count). The summed E-state index contributed by atoms with van der Waals surface area (Å²) in [5.41, 5.74) is -0.826. The Kier molecular flexibility index (Phi) is 4.02. The molecular formula is C11H15ClN2O3. The van der Waals surface area contributed by atoms with E-state index in [1.54, 1.807) is 0 Å². The second-order valence-corrected chi connectivity index (χ2v) is 4.60. The number of nitrogens with one attached hydrogen (secondary N) is 1. The zero-order chi connectivity index (χ0) is 12.3. The van der Waals surface area contributed by atoms with Crippen LogP contribution >= 0.6 is 11.6 Å². The van der Waals surface area contributed by atoms with Gasteiger partial charge in [-0.15, -0.1) is 0 Å². The van der Waals surface area contributed by atoms with E-state index in [1.165, 1.54) is 6.07 Å². The molecule has 1 unspecified atom stereocenters. The number of halogens is 1. The van der Waals surface area contributed by atoms with Gasteiger partial charge in [0.2, 0.25) is 0 Å². The topological polar surface area (TPSA) is 64.1 Å². The first-order valence-electron chi connectivity index (χ1n) is 5.78. The fourth-order valence-corrected chi connectivity index (χ4v) is 2.19. The molecule has 1 saturated heterocycles. The molecule has 6 heteroatoms. The molecule has 1 aliphatic heterocycles. The first-order valence-corrected chi connectivity index (χ1v) is 6.16. The predicted molar refractivity (Wildman–Crippen MR) is 64.5 cm³/mol. The highest BCUT2D eigenvalue weighted by Crippen LogP contribution is 2.15. The van der Waals surface area contributed by atoms with Gasteiger partial charge in [0.25, 0.3) is 5.56 Å². The van der Waals surface area contributed by atoms with Crippen molar-refractivity contribution in [2.45, 2.75) is 38.3 Å². The zero-order valence-corrected chi connectivity index (χ0v) is 10.2. The summed E-state index contributed by atoms with van der Waals surface area (Å²) < 4.78 is 6.71. The van der Waals surface area contributed by atoms with Gasteiger partial charge < -0.3 is 4.74 Å². The summed E-state index contributed by atoms with van der Waals surface area (Å²) in [6.07, 6.45) is 4.09. The molecule has 0 amide bonds. The smallest absolute Gasteiger partial charge is 0.329 e. The standard InChI is InChI=1S/C11H15ClN2O3/c12-9-7-10(15)14(11(16)13-9)5-4-8-3-1-2-6-17-8/h7-8H,1-6H2,(H,13,16). The number of aromatic amines is 1. The van der Waals surface area contributed by atoms with Crippen LogP contribution in [0.2, 0.25) is 5.15 Å². The molecule has 1 aliphatic rings. The van der Waals surface area contributed by atoms with E-state index < -0.39 is 5.69 Å². The van der Waals surface area contributed by atoms with E-state index in [2.05, 4.69) is 4.98 Å². The Labute approximate surface area is 103 Å². The van der Waals surface area contributed by atoms with Crippen molar-refractivity contribution in [1.82, 2.24) is 9.55 Å². The molecule has 0 radical (unpaired) electrons. The molecule has 0 spiro atoms. The Morgan fingerprint density at radius 2 is 2.29 bits per heavy atom. The Balaban J connectivity index is 2.03. The van der Waals surface area contributed by atoms with Gasteiger partial charge in [-0.25, -0.2) is 4.79 Å². The molecular weight excluding hydrogens is 244 g/mol. The molecule has 0 aliphatic carbocycles. The molecule has 1 N–H and O–H groups in total. The second-order valence-electron chi connectivity index (χ2n) is 4.19. The third-order valence-electron chi connectivity index (χ3n) is 2.94. The lowest BCUT2D eigenvalue weighted by Gasteiger charge is -2.22. The van der Waals surface area contributed by atoms with Gasteiger partial charge >= 0.3 is 5.69 Å². The molecule has 0 saturated carbocycles. The zero-order valence-electron chi connectivity index (χ0n) is 9.45. The molecule has 94 valence electrons. The van der Waals surface area contributed by atoms with Crippen LogP contribution in [0.25, 0.3) is 0 Å². The summed E-state index contributed by atoms with van der Waals surface area (Å²) in [6.45, 7) is 1.15. The summed E-state index contributed by atoms with van der Waals surface area (Å²) in [6, 6.07) is 1.21. The molecule has 2 heterocycles. The largest absolute Gasteiger partial charge is 0.378 e. The number of H-pyrrole nitrogens is 1. The van der Waals surface area contributed by atoms with Gasteiger partial charge in [0, 0.05) is 19.2 Å². The van der Waals surface area contributed by atoms with Crippen molar-refractivity contribution in [3.05, 3.63) is 32.1 Å². The number of hydrogen-bond donors (Lipinski definition) is 1. The Bertz CT molecular complexity index is 457. The van der Waals surface area contributed by atoms with Crippen molar-refractivity contribution >= 4 is 11.6 Å². The third kappa shape index (κ3) is 3.20. The van der Waals surface area contributed by atoms with Crippen molar-refractivity contribution in [3.8, 4) is 0 Å². The van der Waals surface area contributed by atoms with Crippen LogP contribution in [0.15, 0.2) is 15.7 Å². The van der Waals surface area contributed by atoms with Gasteiger partial charge in [0.15, 0.2) is 0 Å². The van der Waals surface area contributed by atoms with Gasteiger partial charge in [-0.1, -0.05) is 11.6 Å². The fourth-order valence-electron chi connectivity index (χ4n) is 2.01. The molecule has 5 nitrogen and oxygen atoms in total. The van der Waals surface area contributed by atoms with Gasteiger partial charge in [-0.3, -0.25) is 14.3 Å². The average molecular weight is 259 g/mol. The van der Waals surface area contributed by atoms with Gasteiger partial charge in [-0.05, 0) is 25.7 Å². The van der Waals surface area contributed by atoms with E-state index in [0.717, 1.165) is 30.4 Å². The summed E-state index contributed by atoms with van der Waals surface area (Å²) in [7, 11) is 0. The van der Waals surface area contributed by atoms with E-state index in [0.29, 0.717) is 13.0 Å². The van der Waals surface area contributed by atoms with Crippen LogP contribution in [-0.4, -0.2) is 22.3 Å². The number of ether oxygens (including phenoxy) is 1. The van der Waals surface area contributed by atoms with Crippen LogP contribution in [0.5, 0.6) is 0 Å². The maximum atomic E-state index is 11.6. The van der Waals surface area contributed by atoms with Gasteiger partial charge in [0.1, 0.15) is 5.15 Å². The van der Waals surface area contributed by atoms with Crippen molar-refractivity contribution in [1.29, 1.82) is 0 Å². The third-order valence-corrected chi connectivity index (χ3v) is 3.14. The van der Waals surface area contributed by atoms with Crippen LogP contribution in [0.1, 0.15) is 25.7 Å². The van der Waals surface area contributed by atoms with Gasteiger partial charge in [0.05, 0.1) is 6.10 Å². The Hall–Kier alpha value is -1.07. The van der Waals surface area contributed by atoms with E-state index in [9.17, 15) is 9.59 Å². The monoisotopic (exact) mass is 258 g/mol. The molecule has 1 atom stereocenters. The number of rotatable bonds is 3. The minimum atomic E-state index is -0.460. The lowest BCUT2D eigenvalue weighted by molar-refractivity contribution is 0.00848. The summed E-state index contributed by atoms with van der Waals surface area (Å²) in [4.78, 5) is 25.5. The highest BCUT2D eigenvalue weighted by Gasteiger charge is 2.14. The van der Waals surface area contributed by atoms with Crippen molar-refractivity contribution in [3.63, 3.8) is 0 Å². The van der Waals surface area contributed by atoms with Crippen LogP contribution in [0.3, 0.4) is 0 Å². The highest BCUT2D eigenvalue weighted by molar-refractivity contribution is 6.29. The predicted octanol–water partition coefficient (Wildman–Crippen LogP) is 1.15. The normalized spacial score (nSPS) is 20.4. The first-order chi connectivity index (χ1) is 8.16. The van der Waals surface area contributed by atoms with Crippen LogP contribution < -0.4 is 11.2 Å². The van der Waals surface area contributed by atoms with E-state index in [4.69, 9.17) is 16.3 Å². The maximum absolute atomic E-state index is 11.6. The summed E-state index contributed by atoms with van der Waals surface area (Å²) >= 11 is 5.58. The van der Waals surface area contributed by atoms with E-state index in [1.807, 2.05) is 0 Å². The fraction of sp³-hybridized carbons (Fsp3) is 0.636. The first kappa shape index (κ1) is 12.4. The van der Waals surface area contributed by atoms with Crippen molar-refractivity contribution in [2.24, 2.45) is 0 Å². The lowest BCUT2D eigenvalue weighted by atomic mass is 10.1. The minimum Gasteiger partial charge on any atom is -0.378 e. The minimum absolute atomic E-state index is 0.0742. The molecule has 0 aromatic carbocycles. The maximum Gasteiger partial charge on any atom is 0.329 e. The van der Waals surface area contributed by atoms with Crippen LogP contribution in [0.4, 0.5) is 0 Å². The van der Waals surface area contributed by atoms with Crippen LogP contribution in [-0.2, 0) is 11.3 Å². The second kappa shape index (κ2) is 5.51. The molecule has 1 aromatic heterocycles. The number of aromatic nitrogens is 2. The summed E-state index contributed by atoms with van der Waals surface area (Å²) in [5.74, 6) is 0. The Morgan fingerprint density at radius 1 is 1.47 bits per heavy atom. The molecule has 0 bridgehead atoms.